The van der Waals surface area contributed by atoms with Gasteiger partial charge in [0.05, 0.1) is 6.04 Å². The molecule has 0 aromatic carbocycles. The summed E-state index contributed by atoms with van der Waals surface area (Å²) in [6.45, 7) is 6.93. The summed E-state index contributed by atoms with van der Waals surface area (Å²) >= 11 is 0. The van der Waals surface area contributed by atoms with Crippen LogP contribution in [-0.2, 0) is 9.59 Å². The summed E-state index contributed by atoms with van der Waals surface area (Å²) in [5.74, 6) is -0.314. The van der Waals surface area contributed by atoms with Crippen LogP contribution in [0.4, 0.5) is 0 Å². The Kier molecular flexibility index (Phi) is 7.13. The van der Waals surface area contributed by atoms with Gasteiger partial charge < -0.3 is 5.32 Å². The summed E-state index contributed by atoms with van der Waals surface area (Å²) < 4.78 is 0. The number of piperazine rings is 1. The number of nitrogens with zero attached hydrogens (tertiary/aromatic N) is 1. The lowest BCUT2D eigenvalue weighted by molar-refractivity contribution is -0.132. The lowest BCUT2D eigenvalue weighted by atomic mass is 10.0. The molecule has 0 aromatic heterocycles. The van der Waals surface area contributed by atoms with Gasteiger partial charge in [-0.05, 0) is 19.4 Å². The van der Waals surface area contributed by atoms with Crippen LogP contribution >= 0.6 is 0 Å². The number of hydrogen-bond donors (Lipinski definition) is 1. The molecule has 1 saturated heterocycles. The van der Waals surface area contributed by atoms with Crippen molar-refractivity contribution in [1.29, 1.82) is 0 Å². The number of unbranched alkanes of at least 4 members (excludes halogenated alkanes) is 2. The molecule has 4 nitrogen and oxygen atoms in total. The summed E-state index contributed by atoms with van der Waals surface area (Å²) in [6, 6.07) is 0.226. The first-order valence-corrected chi connectivity index (χ1v) is 7.19. The molecule has 1 heterocycles. The van der Waals surface area contributed by atoms with Crippen LogP contribution in [0.1, 0.15) is 46.0 Å². The Hall–Kier alpha value is -0.740. The Balaban J connectivity index is 2.54. The average Bonchev–Trinajstić information content (AvgIpc) is 2.42. The molecular weight excluding hydrogens is 228 g/mol. The second-order valence-electron chi connectivity index (χ2n) is 5.13. The van der Waals surface area contributed by atoms with Crippen molar-refractivity contribution in [2.45, 2.75) is 58.0 Å². The van der Waals surface area contributed by atoms with Crippen LogP contribution in [0.5, 0.6) is 0 Å². The molecule has 2 unspecified atom stereocenters. The normalized spacial score (nSPS) is 25.0. The first kappa shape index (κ1) is 15.3. The highest BCUT2D eigenvalue weighted by molar-refractivity contribution is 6.27. The third-order valence-electron chi connectivity index (χ3n) is 3.68. The van der Waals surface area contributed by atoms with Gasteiger partial charge in [0.15, 0.2) is 6.29 Å². The second-order valence-corrected chi connectivity index (χ2v) is 5.13. The van der Waals surface area contributed by atoms with E-state index in [1.807, 2.05) is 0 Å². The SMILES string of the molecule is CCCCC1CNC(C(=O)C=O)CN1CCCC. The molecule has 18 heavy (non-hydrogen) atoms. The third-order valence-corrected chi connectivity index (χ3v) is 3.68. The Labute approximate surface area is 110 Å². The molecule has 4 heteroatoms. The standard InChI is InChI=1S/C14H26N2O2/c1-3-5-7-12-9-15-13(14(18)11-17)10-16(12)8-6-4-2/h11-13,15H,3-10H2,1-2H3. The van der Waals surface area contributed by atoms with Gasteiger partial charge in [0.1, 0.15) is 0 Å². The number of nitrogens with one attached hydrogen (secondary N) is 1. The maximum atomic E-state index is 11.4. The van der Waals surface area contributed by atoms with Gasteiger partial charge in [-0.15, -0.1) is 0 Å². The maximum Gasteiger partial charge on any atom is 0.213 e. The van der Waals surface area contributed by atoms with E-state index in [-0.39, 0.29) is 11.8 Å². The van der Waals surface area contributed by atoms with Crippen molar-refractivity contribution in [1.82, 2.24) is 10.2 Å². The zero-order valence-electron chi connectivity index (χ0n) is 11.7. The summed E-state index contributed by atoms with van der Waals surface area (Å²) in [5.41, 5.74) is 0. The largest absolute Gasteiger partial charge is 0.304 e. The topological polar surface area (TPSA) is 49.4 Å². The van der Waals surface area contributed by atoms with Crippen LogP contribution < -0.4 is 5.32 Å². The molecule has 2 atom stereocenters. The smallest absolute Gasteiger partial charge is 0.213 e. The van der Waals surface area contributed by atoms with Crippen molar-refractivity contribution in [3.8, 4) is 0 Å². The quantitative estimate of drug-likeness (QED) is 0.525. The van der Waals surface area contributed by atoms with E-state index in [0.29, 0.717) is 18.9 Å². The zero-order chi connectivity index (χ0) is 13.4. The number of ketones is 1. The number of Topliss-reactive ketones (excluding diaryl/α,β-unsaturated/α-hetero) is 1. The maximum absolute atomic E-state index is 11.4. The number of carbonyl (C=O) groups is 2. The van der Waals surface area contributed by atoms with Gasteiger partial charge >= 0.3 is 0 Å². The molecule has 0 bridgehead atoms. The van der Waals surface area contributed by atoms with Crippen molar-refractivity contribution in [2.75, 3.05) is 19.6 Å². The van der Waals surface area contributed by atoms with Crippen LogP contribution in [0, 0.1) is 0 Å². The van der Waals surface area contributed by atoms with Gasteiger partial charge in [-0.2, -0.15) is 0 Å². The fraction of sp³-hybridized carbons (Fsp3) is 0.857. The minimum absolute atomic E-state index is 0.294. The van der Waals surface area contributed by atoms with Crippen molar-refractivity contribution < 1.29 is 9.59 Å². The van der Waals surface area contributed by atoms with Crippen LogP contribution in [-0.4, -0.2) is 48.7 Å². The van der Waals surface area contributed by atoms with E-state index in [1.165, 1.54) is 19.3 Å². The molecule has 1 aliphatic heterocycles. The molecule has 104 valence electrons. The highest BCUT2D eigenvalue weighted by atomic mass is 16.2. The Morgan fingerprint density at radius 2 is 2.06 bits per heavy atom. The highest BCUT2D eigenvalue weighted by Gasteiger charge is 2.30. The van der Waals surface area contributed by atoms with Gasteiger partial charge in [0.25, 0.3) is 0 Å². The lowest BCUT2D eigenvalue weighted by Crippen LogP contribution is -2.59. The Morgan fingerprint density at radius 3 is 2.67 bits per heavy atom. The van der Waals surface area contributed by atoms with Gasteiger partial charge in [0, 0.05) is 19.1 Å². The zero-order valence-corrected chi connectivity index (χ0v) is 11.7. The molecule has 1 fully saturated rings. The van der Waals surface area contributed by atoms with E-state index >= 15 is 0 Å². The highest BCUT2D eigenvalue weighted by Crippen LogP contribution is 2.14. The van der Waals surface area contributed by atoms with Crippen LogP contribution in [0.2, 0.25) is 0 Å². The number of carbonyl (C=O) groups excluding carboxylic acids is 2. The van der Waals surface area contributed by atoms with Gasteiger partial charge in [0.2, 0.25) is 5.78 Å². The van der Waals surface area contributed by atoms with E-state index in [4.69, 9.17) is 0 Å². The Bertz CT molecular complexity index is 269. The summed E-state index contributed by atoms with van der Waals surface area (Å²) in [4.78, 5) is 24.4. The van der Waals surface area contributed by atoms with Crippen molar-refractivity contribution in [2.24, 2.45) is 0 Å². The van der Waals surface area contributed by atoms with Crippen molar-refractivity contribution in [3.05, 3.63) is 0 Å². The van der Waals surface area contributed by atoms with E-state index in [2.05, 4.69) is 24.1 Å². The first-order valence-electron chi connectivity index (χ1n) is 7.19. The van der Waals surface area contributed by atoms with Crippen molar-refractivity contribution in [3.63, 3.8) is 0 Å². The fourth-order valence-corrected chi connectivity index (χ4v) is 2.49. The Morgan fingerprint density at radius 1 is 1.33 bits per heavy atom. The fourth-order valence-electron chi connectivity index (χ4n) is 2.49. The molecular formula is C14H26N2O2. The van der Waals surface area contributed by atoms with Gasteiger partial charge in [-0.1, -0.05) is 33.1 Å². The van der Waals surface area contributed by atoms with E-state index in [1.54, 1.807) is 0 Å². The monoisotopic (exact) mass is 254 g/mol. The average molecular weight is 254 g/mol. The van der Waals surface area contributed by atoms with Crippen LogP contribution in [0.15, 0.2) is 0 Å². The third kappa shape index (κ3) is 4.50. The van der Waals surface area contributed by atoms with E-state index in [9.17, 15) is 9.59 Å². The minimum Gasteiger partial charge on any atom is -0.304 e. The second kappa shape index (κ2) is 8.38. The van der Waals surface area contributed by atoms with E-state index in [0.717, 1.165) is 25.9 Å². The van der Waals surface area contributed by atoms with Gasteiger partial charge in [-0.3, -0.25) is 14.5 Å². The molecule has 0 aromatic rings. The predicted octanol–water partition coefficient (Wildman–Crippen LogP) is 1.39. The number of aldehydes is 1. The molecule has 0 aliphatic carbocycles. The number of rotatable bonds is 8. The van der Waals surface area contributed by atoms with Crippen LogP contribution in [0.3, 0.4) is 0 Å². The van der Waals surface area contributed by atoms with E-state index < -0.39 is 0 Å². The lowest BCUT2D eigenvalue weighted by Gasteiger charge is -2.39. The summed E-state index contributed by atoms with van der Waals surface area (Å²) in [7, 11) is 0. The first-order chi connectivity index (χ1) is 8.72. The molecule has 0 amide bonds. The molecule has 0 spiro atoms. The molecule has 0 saturated carbocycles. The molecule has 1 aliphatic rings. The summed E-state index contributed by atoms with van der Waals surface area (Å²) in [5, 5.41) is 3.21. The minimum atomic E-state index is -0.314. The van der Waals surface area contributed by atoms with Gasteiger partial charge in [-0.25, -0.2) is 0 Å². The molecule has 1 rings (SSSR count). The van der Waals surface area contributed by atoms with Crippen molar-refractivity contribution >= 4 is 12.1 Å². The van der Waals surface area contributed by atoms with Crippen LogP contribution in [0.25, 0.3) is 0 Å². The molecule has 0 radical (unpaired) electrons. The predicted molar refractivity (Wildman–Crippen MR) is 72.7 cm³/mol. The summed E-state index contributed by atoms with van der Waals surface area (Å²) in [6.07, 6.45) is 6.37. The molecule has 1 N–H and O–H groups in total. The number of hydrogen-bond acceptors (Lipinski definition) is 4.